The van der Waals surface area contributed by atoms with Crippen molar-refractivity contribution in [2.75, 3.05) is 39.3 Å². The Kier molecular flexibility index (Phi) is 9.03. The maximum Gasteiger partial charge on any atom is 0.226 e. The molecule has 6 heteroatoms. The highest BCUT2D eigenvalue weighted by molar-refractivity contribution is 5.56. The Labute approximate surface area is 212 Å². The van der Waals surface area contributed by atoms with Crippen LogP contribution in [-0.2, 0) is 6.54 Å². The number of piperidine rings is 2. The van der Waals surface area contributed by atoms with E-state index in [0.29, 0.717) is 11.8 Å². The van der Waals surface area contributed by atoms with Crippen molar-refractivity contribution in [2.45, 2.75) is 73.1 Å². The summed E-state index contributed by atoms with van der Waals surface area (Å²) in [6.07, 6.45) is 4.08. The number of aryl methyl sites for hydroxylation is 3. The fraction of sp³-hybridized carbons (Fsp3) is 0.690. The SMILES string of the molecule is Cc1ccc(-c2nc(CN3CCC(C(O)NCCCN4C[C@H](C)C[C@H](C)C4)CC3)c(C)o2)cc1C. The number of nitrogens with one attached hydrogen (secondary N) is 1. The number of hydrogen-bond donors (Lipinski definition) is 2. The van der Waals surface area contributed by atoms with Crippen molar-refractivity contribution in [1.82, 2.24) is 20.1 Å². The first-order valence-corrected chi connectivity index (χ1v) is 13.7. The number of nitrogens with zero attached hydrogens (tertiary/aromatic N) is 3. The molecule has 194 valence electrons. The zero-order valence-corrected chi connectivity index (χ0v) is 22.5. The minimum atomic E-state index is -0.401. The number of aromatic nitrogens is 1. The van der Waals surface area contributed by atoms with Crippen LogP contribution in [0.4, 0.5) is 0 Å². The molecule has 1 unspecified atom stereocenters. The van der Waals surface area contributed by atoms with Gasteiger partial charge in [0.05, 0.1) is 5.69 Å². The monoisotopic (exact) mass is 482 g/mol. The molecule has 2 aliphatic heterocycles. The largest absolute Gasteiger partial charge is 0.441 e. The molecular formula is C29H46N4O2. The van der Waals surface area contributed by atoms with Crippen molar-refractivity contribution in [3.63, 3.8) is 0 Å². The normalized spacial score (nSPS) is 23.6. The summed E-state index contributed by atoms with van der Waals surface area (Å²) in [6, 6.07) is 6.37. The number of likely N-dealkylation sites (tertiary alicyclic amines) is 2. The molecule has 2 aromatic rings. The molecule has 35 heavy (non-hydrogen) atoms. The second-order valence-electron chi connectivity index (χ2n) is 11.4. The third-order valence-corrected chi connectivity index (χ3v) is 8.05. The summed E-state index contributed by atoms with van der Waals surface area (Å²) in [5.41, 5.74) is 4.60. The molecule has 0 amide bonds. The number of oxazole rings is 1. The number of aliphatic hydroxyl groups is 1. The summed E-state index contributed by atoms with van der Waals surface area (Å²) in [4.78, 5) is 9.86. The van der Waals surface area contributed by atoms with Crippen LogP contribution in [0.25, 0.3) is 11.5 Å². The zero-order valence-electron chi connectivity index (χ0n) is 22.5. The molecule has 2 aliphatic rings. The molecule has 0 bridgehead atoms. The molecule has 3 heterocycles. The highest BCUT2D eigenvalue weighted by atomic mass is 16.4. The van der Waals surface area contributed by atoms with E-state index < -0.39 is 6.23 Å². The van der Waals surface area contributed by atoms with E-state index in [9.17, 15) is 5.11 Å². The predicted molar refractivity (Wildman–Crippen MR) is 142 cm³/mol. The van der Waals surface area contributed by atoms with Gasteiger partial charge in [-0.1, -0.05) is 19.9 Å². The van der Waals surface area contributed by atoms with Crippen molar-refractivity contribution in [1.29, 1.82) is 0 Å². The number of rotatable bonds is 9. The summed E-state index contributed by atoms with van der Waals surface area (Å²) in [5.74, 6) is 3.55. The zero-order chi connectivity index (χ0) is 24.9. The molecule has 3 atom stereocenters. The number of aliphatic hydroxyl groups excluding tert-OH is 1. The first kappa shape index (κ1) is 26.3. The highest BCUT2D eigenvalue weighted by Gasteiger charge is 2.26. The summed E-state index contributed by atoms with van der Waals surface area (Å²) >= 11 is 0. The molecule has 2 N–H and O–H groups in total. The quantitative estimate of drug-likeness (QED) is 0.397. The van der Waals surface area contributed by atoms with Crippen LogP contribution in [0.5, 0.6) is 0 Å². The van der Waals surface area contributed by atoms with Crippen LogP contribution >= 0.6 is 0 Å². The topological polar surface area (TPSA) is 64.8 Å². The standard InChI is InChI=1S/C29H46N4O2/c1-20-15-21(2)18-33(17-20)12-6-11-30-28(34)25-9-13-32(14-10-25)19-27-24(5)35-29(31-27)26-8-7-22(3)23(4)16-26/h7-8,16,20-21,25,28,30,34H,6,9-15,17-19H2,1-5H3/t20-,21+,28?. The Hall–Kier alpha value is -1.73. The fourth-order valence-corrected chi connectivity index (χ4v) is 5.91. The molecule has 2 saturated heterocycles. The smallest absolute Gasteiger partial charge is 0.226 e. The Balaban J connectivity index is 1.18. The second kappa shape index (κ2) is 12.0. The van der Waals surface area contributed by atoms with E-state index in [0.717, 1.165) is 80.8 Å². The van der Waals surface area contributed by atoms with E-state index in [4.69, 9.17) is 9.40 Å². The fourth-order valence-electron chi connectivity index (χ4n) is 5.91. The van der Waals surface area contributed by atoms with Gasteiger partial charge in [0.25, 0.3) is 0 Å². The van der Waals surface area contributed by atoms with E-state index in [1.54, 1.807) is 0 Å². The predicted octanol–water partition coefficient (Wildman–Crippen LogP) is 4.75. The van der Waals surface area contributed by atoms with Crippen molar-refractivity contribution in [3.8, 4) is 11.5 Å². The summed E-state index contributed by atoms with van der Waals surface area (Å²) in [5, 5.41) is 14.1. The van der Waals surface area contributed by atoms with E-state index >= 15 is 0 Å². The molecule has 1 aromatic heterocycles. The average Bonchev–Trinajstić information content (AvgIpc) is 3.18. The van der Waals surface area contributed by atoms with Gasteiger partial charge < -0.3 is 14.4 Å². The maximum atomic E-state index is 10.7. The van der Waals surface area contributed by atoms with Gasteiger partial charge in [0.15, 0.2) is 0 Å². The number of benzene rings is 1. The van der Waals surface area contributed by atoms with Gasteiger partial charge >= 0.3 is 0 Å². The maximum absolute atomic E-state index is 10.7. The van der Waals surface area contributed by atoms with E-state index in [-0.39, 0.29) is 0 Å². The lowest BCUT2D eigenvalue weighted by Gasteiger charge is -2.35. The van der Waals surface area contributed by atoms with Gasteiger partial charge in [-0.15, -0.1) is 0 Å². The van der Waals surface area contributed by atoms with Crippen LogP contribution in [0.1, 0.15) is 62.1 Å². The summed E-state index contributed by atoms with van der Waals surface area (Å²) in [7, 11) is 0. The highest BCUT2D eigenvalue weighted by Crippen LogP contribution is 2.27. The summed E-state index contributed by atoms with van der Waals surface area (Å²) < 4.78 is 6.02. The van der Waals surface area contributed by atoms with Gasteiger partial charge in [-0.3, -0.25) is 10.2 Å². The Morgan fingerprint density at radius 3 is 2.46 bits per heavy atom. The Morgan fingerprint density at radius 2 is 1.77 bits per heavy atom. The van der Waals surface area contributed by atoms with Crippen molar-refractivity contribution < 1.29 is 9.52 Å². The van der Waals surface area contributed by atoms with Crippen molar-refractivity contribution in [3.05, 3.63) is 40.8 Å². The molecule has 1 aromatic carbocycles. The molecule has 2 fully saturated rings. The molecular weight excluding hydrogens is 436 g/mol. The van der Waals surface area contributed by atoms with Crippen LogP contribution in [0.3, 0.4) is 0 Å². The van der Waals surface area contributed by atoms with E-state index in [1.165, 1.54) is 30.6 Å². The van der Waals surface area contributed by atoms with Crippen LogP contribution in [0.15, 0.2) is 22.6 Å². The van der Waals surface area contributed by atoms with Crippen LogP contribution in [-0.4, -0.2) is 65.4 Å². The van der Waals surface area contributed by atoms with Gasteiger partial charge in [0.2, 0.25) is 5.89 Å². The van der Waals surface area contributed by atoms with Gasteiger partial charge in [-0.2, -0.15) is 0 Å². The van der Waals surface area contributed by atoms with E-state index in [2.05, 4.69) is 61.0 Å². The minimum absolute atomic E-state index is 0.325. The average molecular weight is 483 g/mol. The molecule has 6 nitrogen and oxygen atoms in total. The van der Waals surface area contributed by atoms with Crippen molar-refractivity contribution >= 4 is 0 Å². The Bertz CT molecular complexity index is 940. The molecule has 0 aliphatic carbocycles. The van der Waals surface area contributed by atoms with Crippen LogP contribution in [0.2, 0.25) is 0 Å². The molecule has 0 spiro atoms. The second-order valence-corrected chi connectivity index (χ2v) is 11.4. The van der Waals surface area contributed by atoms with Gasteiger partial charge in [-0.25, -0.2) is 4.98 Å². The minimum Gasteiger partial charge on any atom is -0.441 e. The van der Waals surface area contributed by atoms with Gasteiger partial charge in [0, 0.05) is 31.1 Å². The Morgan fingerprint density at radius 1 is 1.06 bits per heavy atom. The van der Waals surface area contributed by atoms with Crippen LogP contribution in [0, 0.1) is 38.5 Å². The lowest BCUT2D eigenvalue weighted by Crippen LogP contribution is -2.44. The third-order valence-electron chi connectivity index (χ3n) is 8.05. The first-order chi connectivity index (χ1) is 16.8. The third kappa shape index (κ3) is 7.16. The van der Waals surface area contributed by atoms with E-state index in [1.807, 2.05) is 6.92 Å². The van der Waals surface area contributed by atoms with Gasteiger partial charge in [0.1, 0.15) is 12.0 Å². The lowest BCUT2D eigenvalue weighted by molar-refractivity contribution is 0.0329. The van der Waals surface area contributed by atoms with Crippen molar-refractivity contribution in [2.24, 2.45) is 17.8 Å². The van der Waals surface area contributed by atoms with Gasteiger partial charge in [-0.05, 0) is 108 Å². The molecule has 4 rings (SSSR count). The lowest BCUT2D eigenvalue weighted by atomic mass is 9.92. The number of hydrogen-bond acceptors (Lipinski definition) is 6. The molecule has 0 saturated carbocycles. The van der Waals surface area contributed by atoms with Crippen LogP contribution < -0.4 is 5.32 Å². The first-order valence-electron chi connectivity index (χ1n) is 13.7. The molecule has 0 radical (unpaired) electrons. The summed E-state index contributed by atoms with van der Waals surface area (Å²) in [6.45, 7) is 18.2.